The lowest BCUT2D eigenvalue weighted by Gasteiger charge is -2.18. The number of nitrogens with two attached hydrogens (primary N) is 1. The van der Waals surface area contributed by atoms with E-state index in [-0.39, 0.29) is 40.1 Å². The van der Waals surface area contributed by atoms with Crippen molar-refractivity contribution in [1.82, 2.24) is 9.97 Å². The molecule has 0 saturated carbocycles. The van der Waals surface area contributed by atoms with Crippen LogP contribution in [-0.4, -0.2) is 28.3 Å². The number of allylic oxidation sites excluding steroid dienone is 1. The van der Waals surface area contributed by atoms with Crippen LogP contribution < -0.4 is 21.1 Å². The van der Waals surface area contributed by atoms with Crippen molar-refractivity contribution in [1.29, 1.82) is 5.41 Å². The van der Waals surface area contributed by atoms with Crippen molar-refractivity contribution < 1.29 is 27.1 Å². The minimum absolute atomic E-state index is 0.0228. The average Bonchev–Trinajstić information content (AvgIpc) is 2.79. The molecule has 1 amide bonds. The third-order valence-electron chi connectivity index (χ3n) is 4.49. The number of rotatable bonds is 7. The van der Waals surface area contributed by atoms with E-state index in [1.807, 2.05) is 0 Å². The number of alkyl halides is 3. The second-order valence-electron chi connectivity index (χ2n) is 6.93. The van der Waals surface area contributed by atoms with Crippen molar-refractivity contribution in [3.05, 3.63) is 76.5 Å². The molecule has 35 heavy (non-hydrogen) atoms. The number of nitrogen functional groups attached to an aromatic ring is 1. The molecule has 0 saturated heterocycles. The zero-order valence-electron chi connectivity index (χ0n) is 17.9. The first kappa shape index (κ1) is 25.4. The van der Waals surface area contributed by atoms with Crippen LogP contribution in [0.2, 0.25) is 5.02 Å². The van der Waals surface area contributed by atoms with Gasteiger partial charge in [0, 0.05) is 36.4 Å². The van der Waals surface area contributed by atoms with Crippen molar-refractivity contribution in [2.24, 2.45) is 0 Å². The highest BCUT2D eigenvalue weighted by molar-refractivity contribution is 6.34. The highest BCUT2D eigenvalue weighted by Gasteiger charge is 2.38. The molecular weight excluding hydrogens is 492 g/mol. The number of benzene rings is 1. The average molecular weight is 509 g/mol. The van der Waals surface area contributed by atoms with Gasteiger partial charge in [0.05, 0.1) is 5.57 Å². The molecule has 2 aromatic heterocycles. The molecule has 0 spiro atoms. The van der Waals surface area contributed by atoms with E-state index in [1.165, 1.54) is 43.6 Å². The van der Waals surface area contributed by atoms with Crippen LogP contribution >= 0.6 is 11.6 Å². The number of anilines is 3. The Morgan fingerprint density at radius 2 is 1.89 bits per heavy atom. The summed E-state index contributed by atoms with van der Waals surface area (Å²) in [4.78, 5) is 20.2. The van der Waals surface area contributed by atoms with Crippen LogP contribution in [0.25, 0.3) is 0 Å². The summed E-state index contributed by atoms with van der Waals surface area (Å²) in [5.41, 5.74) is 3.22. The number of nitrogens with one attached hydrogen (secondary N) is 3. The second-order valence-corrected chi connectivity index (χ2v) is 7.31. The van der Waals surface area contributed by atoms with Gasteiger partial charge in [0.2, 0.25) is 0 Å². The third kappa shape index (κ3) is 6.03. The topological polar surface area (TPSA) is 126 Å². The molecule has 0 radical (unpaired) electrons. The molecule has 0 unspecified atom stereocenters. The van der Waals surface area contributed by atoms with Gasteiger partial charge in [-0.1, -0.05) is 17.7 Å². The van der Waals surface area contributed by atoms with Gasteiger partial charge in [-0.05, 0) is 30.7 Å². The Morgan fingerprint density at radius 1 is 1.14 bits per heavy atom. The molecule has 0 atom stereocenters. The maximum absolute atomic E-state index is 14.6. The van der Waals surface area contributed by atoms with Gasteiger partial charge in [-0.3, -0.25) is 4.79 Å². The van der Waals surface area contributed by atoms with Gasteiger partial charge in [-0.15, -0.1) is 0 Å². The molecule has 0 aliphatic rings. The molecule has 5 N–H and O–H groups in total. The lowest BCUT2D eigenvalue weighted by atomic mass is 10.1. The number of hydrogen-bond donors (Lipinski definition) is 4. The summed E-state index contributed by atoms with van der Waals surface area (Å²) in [5.74, 6) is -2.69. The van der Waals surface area contributed by atoms with E-state index >= 15 is 0 Å². The number of ether oxygens (including phenoxy) is 1. The summed E-state index contributed by atoms with van der Waals surface area (Å²) in [6.07, 6.45) is -2.21. The summed E-state index contributed by atoms with van der Waals surface area (Å²) < 4.78 is 61.1. The minimum atomic E-state index is -5.03. The summed E-state index contributed by atoms with van der Waals surface area (Å²) in [6, 6.07) is 7.56. The Hall–Kier alpha value is -4.19. The standard InChI is InChI=1S/C22H17ClF4N6O2/c1-11-3-2-7-31-20(11)33-18(22(25,26)27)13(10-28)21(34)32-12-4-5-15(14(24)9-12)35-16-6-8-30-19(29)17(16)23/h2-10,28H,1H3,(H2,29,30)(H,31,33)(H,32,34)/b18-13+,28-10?. The summed E-state index contributed by atoms with van der Waals surface area (Å²) in [5, 5.41) is 11.6. The highest BCUT2D eigenvalue weighted by atomic mass is 35.5. The third-order valence-corrected chi connectivity index (χ3v) is 4.86. The summed E-state index contributed by atoms with van der Waals surface area (Å²) in [7, 11) is 0. The molecule has 3 rings (SSSR count). The SMILES string of the molecule is Cc1cccnc1N/C(=C(\C=N)C(=O)Nc1ccc(Oc2ccnc(N)c2Cl)c(F)c1)C(F)(F)F. The lowest BCUT2D eigenvalue weighted by Crippen LogP contribution is -2.28. The Balaban J connectivity index is 1.87. The molecule has 1 aromatic carbocycles. The predicted octanol–water partition coefficient (Wildman–Crippen LogP) is 5.47. The van der Waals surface area contributed by atoms with Gasteiger partial charge in [-0.25, -0.2) is 14.4 Å². The monoisotopic (exact) mass is 508 g/mol. The molecule has 182 valence electrons. The molecule has 8 nitrogen and oxygen atoms in total. The van der Waals surface area contributed by atoms with Gasteiger partial charge in [0.15, 0.2) is 17.3 Å². The number of halogens is 5. The first-order valence-corrected chi connectivity index (χ1v) is 10.1. The van der Waals surface area contributed by atoms with E-state index in [0.29, 0.717) is 5.56 Å². The Labute approximate surface area is 201 Å². The van der Waals surface area contributed by atoms with E-state index in [1.54, 1.807) is 0 Å². The molecule has 0 fully saturated rings. The van der Waals surface area contributed by atoms with Gasteiger partial charge in [0.25, 0.3) is 5.91 Å². The van der Waals surface area contributed by atoms with Crippen molar-refractivity contribution in [3.63, 3.8) is 0 Å². The fraction of sp³-hybridized carbons (Fsp3) is 0.0909. The van der Waals surface area contributed by atoms with Gasteiger partial charge >= 0.3 is 6.18 Å². The van der Waals surface area contributed by atoms with Crippen LogP contribution in [0, 0.1) is 18.2 Å². The van der Waals surface area contributed by atoms with Crippen molar-refractivity contribution in [3.8, 4) is 11.5 Å². The molecular formula is C22H17ClF4N6O2. The summed E-state index contributed by atoms with van der Waals surface area (Å²) >= 11 is 5.96. The molecule has 2 heterocycles. The van der Waals surface area contributed by atoms with Crippen LogP contribution in [-0.2, 0) is 4.79 Å². The maximum atomic E-state index is 14.6. The number of hydrogen-bond acceptors (Lipinski definition) is 7. The van der Waals surface area contributed by atoms with Crippen LogP contribution in [0.3, 0.4) is 0 Å². The van der Waals surface area contributed by atoms with Crippen molar-refractivity contribution in [2.45, 2.75) is 13.1 Å². The van der Waals surface area contributed by atoms with Crippen LogP contribution in [0.5, 0.6) is 11.5 Å². The molecule has 0 bridgehead atoms. The van der Waals surface area contributed by atoms with Crippen LogP contribution in [0.4, 0.5) is 34.9 Å². The Morgan fingerprint density at radius 3 is 2.51 bits per heavy atom. The fourth-order valence-electron chi connectivity index (χ4n) is 2.78. The van der Waals surface area contributed by atoms with Crippen molar-refractivity contribution >= 4 is 41.0 Å². The second kappa shape index (κ2) is 10.4. The van der Waals surface area contributed by atoms with Crippen molar-refractivity contribution in [2.75, 3.05) is 16.4 Å². The number of carbonyl (C=O) groups excluding carboxylic acids is 1. The highest BCUT2D eigenvalue weighted by Crippen LogP contribution is 2.34. The molecule has 13 heteroatoms. The Bertz CT molecular complexity index is 1310. The smallest absolute Gasteiger partial charge is 0.432 e. The van der Waals surface area contributed by atoms with E-state index in [9.17, 15) is 22.4 Å². The number of nitrogens with zero attached hydrogens (tertiary/aromatic N) is 2. The molecule has 0 aliphatic carbocycles. The van der Waals surface area contributed by atoms with E-state index < -0.39 is 29.2 Å². The molecule has 0 aliphatic heterocycles. The minimum Gasteiger partial charge on any atom is -0.453 e. The van der Waals surface area contributed by atoms with Gasteiger partial charge in [0.1, 0.15) is 22.4 Å². The zero-order valence-corrected chi connectivity index (χ0v) is 18.6. The van der Waals surface area contributed by atoms with Gasteiger partial charge < -0.3 is 26.5 Å². The van der Waals surface area contributed by atoms with Gasteiger partial charge in [-0.2, -0.15) is 13.2 Å². The maximum Gasteiger partial charge on any atom is 0.432 e. The summed E-state index contributed by atoms with van der Waals surface area (Å²) in [6.45, 7) is 1.52. The predicted molar refractivity (Wildman–Crippen MR) is 123 cm³/mol. The van der Waals surface area contributed by atoms with Crippen LogP contribution in [0.1, 0.15) is 5.56 Å². The Kier molecular flexibility index (Phi) is 7.55. The first-order valence-electron chi connectivity index (χ1n) is 9.70. The number of aryl methyl sites for hydroxylation is 1. The number of aromatic nitrogens is 2. The van der Waals surface area contributed by atoms with E-state index in [4.69, 9.17) is 27.5 Å². The van der Waals surface area contributed by atoms with E-state index in [2.05, 4.69) is 20.6 Å². The number of carbonyl (C=O) groups is 1. The fourth-order valence-corrected chi connectivity index (χ4v) is 2.93. The zero-order chi connectivity index (χ0) is 25.8. The first-order chi connectivity index (χ1) is 16.5. The quantitative estimate of drug-likeness (QED) is 0.190. The number of pyridine rings is 2. The van der Waals surface area contributed by atoms with Crippen LogP contribution in [0.15, 0.2) is 60.1 Å². The molecule has 3 aromatic rings. The number of amides is 1. The normalized spacial score (nSPS) is 11.9. The largest absolute Gasteiger partial charge is 0.453 e. The van der Waals surface area contributed by atoms with E-state index in [0.717, 1.165) is 12.1 Å². The lowest BCUT2D eigenvalue weighted by molar-refractivity contribution is -0.114.